The van der Waals surface area contributed by atoms with E-state index >= 15 is 0 Å². The number of halogens is 3. The molecule has 0 aliphatic rings. The Morgan fingerprint density at radius 1 is 1.40 bits per heavy atom. The fourth-order valence-electron chi connectivity index (χ4n) is 2.06. The molecule has 2 rings (SSSR count). The number of hydrogen-bond donors (Lipinski definition) is 1. The van der Waals surface area contributed by atoms with E-state index in [2.05, 4.69) is 5.10 Å². The molecule has 1 unspecified atom stereocenters. The Hall–Kier alpha value is -1.10. The van der Waals surface area contributed by atoms with E-state index in [9.17, 15) is 9.50 Å². The Labute approximate surface area is 126 Å². The van der Waals surface area contributed by atoms with Crippen LogP contribution >= 0.6 is 23.2 Å². The van der Waals surface area contributed by atoms with Gasteiger partial charge in [-0.3, -0.25) is 4.68 Å². The van der Waals surface area contributed by atoms with E-state index in [-0.39, 0.29) is 11.4 Å². The number of aryl methyl sites for hydroxylation is 2. The third-order valence-electron chi connectivity index (χ3n) is 3.22. The molecular formula is C14H15Cl2FN2O. The van der Waals surface area contributed by atoms with Gasteiger partial charge < -0.3 is 5.11 Å². The zero-order valence-electron chi connectivity index (χ0n) is 11.2. The van der Waals surface area contributed by atoms with E-state index in [1.807, 2.05) is 6.92 Å². The van der Waals surface area contributed by atoms with Gasteiger partial charge in [-0.1, -0.05) is 36.2 Å². The highest BCUT2D eigenvalue weighted by Crippen LogP contribution is 2.27. The van der Waals surface area contributed by atoms with E-state index in [1.165, 1.54) is 12.1 Å². The predicted molar refractivity (Wildman–Crippen MR) is 77.7 cm³/mol. The number of aliphatic hydroxyl groups excluding tert-OH is 1. The maximum absolute atomic E-state index is 13.4. The van der Waals surface area contributed by atoms with Crippen LogP contribution in [0.4, 0.5) is 4.39 Å². The first kappa shape index (κ1) is 15.3. The minimum Gasteiger partial charge on any atom is -0.388 e. The van der Waals surface area contributed by atoms with E-state index < -0.39 is 11.9 Å². The molecule has 3 nitrogen and oxygen atoms in total. The summed E-state index contributed by atoms with van der Waals surface area (Å²) in [6.07, 6.45) is 0.126. The van der Waals surface area contributed by atoms with Gasteiger partial charge >= 0.3 is 0 Å². The molecule has 1 heterocycles. The molecule has 1 atom stereocenters. The van der Waals surface area contributed by atoms with Crippen LogP contribution in [-0.4, -0.2) is 14.9 Å². The second-order valence-corrected chi connectivity index (χ2v) is 5.36. The molecule has 1 N–H and O–H groups in total. The summed E-state index contributed by atoms with van der Waals surface area (Å²) in [5, 5.41) is 15.1. The van der Waals surface area contributed by atoms with Gasteiger partial charge in [0, 0.05) is 13.5 Å². The van der Waals surface area contributed by atoms with Gasteiger partial charge in [-0.2, -0.15) is 5.10 Å². The van der Waals surface area contributed by atoms with Gasteiger partial charge in [0.05, 0.1) is 27.5 Å². The monoisotopic (exact) mass is 316 g/mol. The molecule has 0 saturated heterocycles. The third-order valence-corrected chi connectivity index (χ3v) is 3.96. The molecule has 1 aromatic carbocycles. The Bertz CT molecular complexity index is 628. The van der Waals surface area contributed by atoms with Crippen molar-refractivity contribution in [2.75, 3.05) is 0 Å². The van der Waals surface area contributed by atoms with Crippen molar-refractivity contribution in [3.05, 3.63) is 51.0 Å². The molecule has 0 aliphatic carbocycles. The highest BCUT2D eigenvalue weighted by atomic mass is 35.5. The third kappa shape index (κ3) is 2.97. The fraction of sp³-hybridized carbons (Fsp3) is 0.357. The van der Waals surface area contributed by atoms with Crippen LogP contribution in [0.15, 0.2) is 18.2 Å². The molecule has 1 aromatic heterocycles. The van der Waals surface area contributed by atoms with E-state index in [0.29, 0.717) is 10.6 Å². The van der Waals surface area contributed by atoms with Crippen molar-refractivity contribution >= 4 is 23.2 Å². The minimum atomic E-state index is -0.862. The SMILES string of the molecule is CCc1nn(C)c(CC(O)c2ccc(Cl)c(F)c2)c1Cl. The molecule has 0 spiro atoms. The van der Waals surface area contributed by atoms with Crippen LogP contribution in [-0.2, 0) is 19.9 Å². The molecule has 0 saturated carbocycles. The van der Waals surface area contributed by atoms with Gasteiger partial charge in [-0.05, 0) is 24.1 Å². The van der Waals surface area contributed by atoms with Gasteiger partial charge in [0.2, 0.25) is 0 Å². The Morgan fingerprint density at radius 3 is 2.65 bits per heavy atom. The highest BCUT2D eigenvalue weighted by molar-refractivity contribution is 6.32. The Kier molecular flexibility index (Phi) is 4.68. The van der Waals surface area contributed by atoms with Gasteiger partial charge in [0.1, 0.15) is 5.82 Å². The van der Waals surface area contributed by atoms with Crippen LogP contribution in [0, 0.1) is 5.82 Å². The van der Waals surface area contributed by atoms with Gasteiger partial charge in [-0.15, -0.1) is 0 Å². The van der Waals surface area contributed by atoms with Crippen LogP contribution in [0.3, 0.4) is 0 Å². The van der Waals surface area contributed by atoms with Crippen LogP contribution in [0.2, 0.25) is 10.0 Å². The lowest BCUT2D eigenvalue weighted by atomic mass is 10.0. The van der Waals surface area contributed by atoms with Crippen LogP contribution in [0.25, 0.3) is 0 Å². The number of nitrogens with zero attached hydrogens (tertiary/aromatic N) is 2. The lowest BCUT2D eigenvalue weighted by Crippen LogP contribution is -2.07. The molecule has 20 heavy (non-hydrogen) atoms. The zero-order chi connectivity index (χ0) is 14.9. The summed E-state index contributed by atoms with van der Waals surface area (Å²) in [5.74, 6) is -0.548. The second-order valence-electron chi connectivity index (χ2n) is 4.58. The first-order valence-corrected chi connectivity index (χ1v) is 7.02. The molecule has 0 amide bonds. The minimum absolute atomic E-state index is 0.0350. The summed E-state index contributed by atoms with van der Waals surface area (Å²) in [4.78, 5) is 0. The maximum atomic E-state index is 13.4. The number of benzene rings is 1. The van der Waals surface area contributed by atoms with E-state index in [1.54, 1.807) is 17.8 Å². The van der Waals surface area contributed by atoms with Gasteiger partial charge in [0.25, 0.3) is 0 Å². The number of hydrogen-bond acceptors (Lipinski definition) is 2. The lowest BCUT2D eigenvalue weighted by molar-refractivity contribution is 0.175. The quantitative estimate of drug-likeness (QED) is 0.933. The topological polar surface area (TPSA) is 38.0 Å². The molecule has 0 bridgehead atoms. The average molecular weight is 317 g/mol. The predicted octanol–water partition coefficient (Wildman–Crippen LogP) is 3.70. The van der Waals surface area contributed by atoms with Crippen molar-refractivity contribution in [2.45, 2.75) is 25.9 Å². The lowest BCUT2D eigenvalue weighted by Gasteiger charge is -2.12. The first-order valence-electron chi connectivity index (χ1n) is 6.27. The standard InChI is InChI=1S/C14H15Cl2FN2O/c1-3-11-14(16)12(19(2)18-11)7-13(20)8-4-5-9(15)10(17)6-8/h4-6,13,20H,3,7H2,1-2H3. The zero-order valence-corrected chi connectivity index (χ0v) is 12.7. The maximum Gasteiger partial charge on any atom is 0.142 e. The summed E-state index contributed by atoms with van der Waals surface area (Å²) in [5.41, 5.74) is 1.98. The van der Waals surface area contributed by atoms with Crippen molar-refractivity contribution in [2.24, 2.45) is 7.05 Å². The molecular weight excluding hydrogens is 302 g/mol. The molecule has 0 aliphatic heterocycles. The Morgan fingerprint density at radius 2 is 2.10 bits per heavy atom. The number of aromatic nitrogens is 2. The van der Waals surface area contributed by atoms with E-state index in [4.69, 9.17) is 23.2 Å². The van der Waals surface area contributed by atoms with Crippen LogP contribution in [0.5, 0.6) is 0 Å². The summed E-state index contributed by atoms with van der Waals surface area (Å²) in [6.45, 7) is 1.96. The first-order chi connectivity index (χ1) is 9.43. The molecule has 108 valence electrons. The molecule has 2 aromatic rings. The average Bonchev–Trinajstić information content (AvgIpc) is 2.69. The highest BCUT2D eigenvalue weighted by Gasteiger charge is 2.18. The summed E-state index contributed by atoms with van der Waals surface area (Å²) in [6, 6.07) is 4.26. The van der Waals surface area contributed by atoms with E-state index in [0.717, 1.165) is 17.8 Å². The van der Waals surface area contributed by atoms with Crippen molar-refractivity contribution < 1.29 is 9.50 Å². The number of aliphatic hydroxyl groups is 1. The van der Waals surface area contributed by atoms with Crippen molar-refractivity contribution in [3.63, 3.8) is 0 Å². The summed E-state index contributed by atoms with van der Waals surface area (Å²) < 4.78 is 15.1. The van der Waals surface area contributed by atoms with Gasteiger partial charge in [0.15, 0.2) is 0 Å². The summed E-state index contributed by atoms with van der Waals surface area (Å²) >= 11 is 11.9. The second kappa shape index (κ2) is 6.12. The number of rotatable bonds is 4. The van der Waals surface area contributed by atoms with Crippen molar-refractivity contribution in [3.8, 4) is 0 Å². The normalized spacial score (nSPS) is 12.7. The smallest absolute Gasteiger partial charge is 0.142 e. The van der Waals surface area contributed by atoms with Crippen LogP contribution < -0.4 is 0 Å². The fourth-order valence-corrected chi connectivity index (χ4v) is 2.55. The molecule has 0 radical (unpaired) electrons. The Balaban J connectivity index is 2.25. The summed E-state index contributed by atoms with van der Waals surface area (Å²) in [7, 11) is 1.77. The van der Waals surface area contributed by atoms with Gasteiger partial charge in [-0.25, -0.2) is 4.39 Å². The van der Waals surface area contributed by atoms with Crippen LogP contribution in [0.1, 0.15) is 30.0 Å². The van der Waals surface area contributed by atoms with Crippen molar-refractivity contribution in [1.29, 1.82) is 0 Å². The largest absolute Gasteiger partial charge is 0.388 e. The molecule has 0 fully saturated rings. The van der Waals surface area contributed by atoms with Crippen molar-refractivity contribution in [1.82, 2.24) is 9.78 Å². The molecule has 6 heteroatoms.